The van der Waals surface area contributed by atoms with E-state index in [2.05, 4.69) is 10.9 Å². The van der Waals surface area contributed by atoms with E-state index in [1.165, 1.54) is 9.80 Å². The number of hydrogen-bond acceptors (Lipinski definition) is 7. The molecule has 2 bridgehead atoms. The number of ether oxygens (including phenoxy) is 1. The second-order valence-electron chi connectivity index (χ2n) is 9.42. The van der Waals surface area contributed by atoms with Crippen molar-refractivity contribution in [1.82, 2.24) is 25.7 Å². The van der Waals surface area contributed by atoms with Gasteiger partial charge in [-0.1, -0.05) is 0 Å². The molecule has 0 saturated carbocycles. The van der Waals surface area contributed by atoms with Gasteiger partial charge in [0.15, 0.2) is 6.61 Å². The summed E-state index contributed by atoms with van der Waals surface area (Å²) in [6, 6.07) is -1.71. The monoisotopic (exact) mass is 469 g/mol. The van der Waals surface area contributed by atoms with Gasteiger partial charge in [-0.25, -0.2) is 14.4 Å². The molecular weight excluding hydrogens is 438 g/mol. The zero-order chi connectivity index (χ0) is 24.3. The molecule has 3 heterocycles. The standard InChI is InChI=1S/C20H31N5O8/c1-20(2,3)33-19(31)23-8-4-5-12(9-23)16(28)21-22-17(29)14-7-6-13-10-24(14)18(30)25(13)32-11-15(26)27/h12-14H,4-11H2,1-3H3,(H,21,28)(H,22,29)(H,26,27)/t12-,13?,14?/m1/s1. The lowest BCUT2D eigenvalue weighted by atomic mass is 9.97. The van der Waals surface area contributed by atoms with Crippen LogP contribution in [0, 0.1) is 5.92 Å². The molecule has 0 radical (unpaired) electrons. The van der Waals surface area contributed by atoms with E-state index >= 15 is 0 Å². The van der Waals surface area contributed by atoms with Crippen LogP contribution in [0.3, 0.4) is 0 Å². The molecule has 33 heavy (non-hydrogen) atoms. The maximum Gasteiger partial charge on any atom is 0.410 e. The Morgan fingerprint density at radius 1 is 1.06 bits per heavy atom. The summed E-state index contributed by atoms with van der Waals surface area (Å²) >= 11 is 0. The quantitative estimate of drug-likeness (QED) is 0.477. The maximum absolute atomic E-state index is 12.7. The minimum atomic E-state index is -1.20. The molecule has 13 heteroatoms. The molecule has 3 rings (SSSR count). The highest BCUT2D eigenvalue weighted by molar-refractivity contribution is 5.90. The maximum atomic E-state index is 12.7. The average Bonchev–Trinajstić information content (AvgIpc) is 2.98. The molecule has 0 aromatic carbocycles. The van der Waals surface area contributed by atoms with E-state index in [1.54, 1.807) is 20.8 Å². The summed E-state index contributed by atoms with van der Waals surface area (Å²) in [5.41, 5.74) is 4.15. The number of carboxylic acids is 1. The van der Waals surface area contributed by atoms with Gasteiger partial charge in [0.2, 0.25) is 5.91 Å². The molecular formula is C20H31N5O8. The molecule has 0 aromatic heterocycles. The van der Waals surface area contributed by atoms with E-state index in [4.69, 9.17) is 14.7 Å². The van der Waals surface area contributed by atoms with Crippen molar-refractivity contribution in [2.45, 2.75) is 64.1 Å². The minimum Gasteiger partial charge on any atom is -0.479 e. The van der Waals surface area contributed by atoms with Gasteiger partial charge >= 0.3 is 18.1 Å². The summed E-state index contributed by atoms with van der Waals surface area (Å²) in [6.07, 6.45) is 1.52. The number of hydrogen-bond donors (Lipinski definition) is 3. The van der Waals surface area contributed by atoms with Crippen LogP contribution in [0.25, 0.3) is 0 Å². The molecule has 184 valence electrons. The summed E-state index contributed by atoms with van der Waals surface area (Å²) in [5, 5.41) is 9.76. The highest BCUT2D eigenvalue weighted by Gasteiger charge is 2.48. The number of hydrazine groups is 1. The van der Waals surface area contributed by atoms with Crippen LogP contribution in [0.1, 0.15) is 46.5 Å². The van der Waals surface area contributed by atoms with Crippen LogP contribution in [0.4, 0.5) is 9.59 Å². The van der Waals surface area contributed by atoms with Gasteiger partial charge < -0.3 is 19.6 Å². The zero-order valence-electron chi connectivity index (χ0n) is 19.0. The van der Waals surface area contributed by atoms with E-state index in [0.717, 1.165) is 5.06 Å². The van der Waals surface area contributed by atoms with Crippen molar-refractivity contribution in [3.63, 3.8) is 0 Å². The van der Waals surface area contributed by atoms with E-state index < -0.39 is 54.1 Å². The number of rotatable bonds is 5. The molecule has 5 amide bonds. The third-order valence-electron chi connectivity index (χ3n) is 5.71. The highest BCUT2D eigenvalue weighted by Crippen LogP contribution is 2.30. The molecule has 13 nitrogen and oxygen atoms in total. The van der Waals surface area contributed by atoms with E-state index in [9.17, 15) is 24.0 Å². The van der Waals surface area contributed by atoms with Gasteiger partial charge in [-0.05, 0) is 46.5 Å². The summed E-state index contributed by atoms with van der Waals surface area (Å²) in [4.78, 5) is 68.6. The Labute approximate surface area is 191 Å². The van der Waals surface area contributed by atoms with E-state index in [1.807, 2.05) is 0 Å². The molecule has 3 atom stereocenters. The molecule has 2 unspecified atom stereocenters. The number of urea groups is 1. The number of fused-ring (bicyclic) bond motifs is 2. The fourth-order valence-electron chi connectivity index (χ4n) is 4.19. The third-order valence-corrected chi connectivity index (χ3v) is 5.71. The Hall–Kier alpha value is -3.09. The normalized spacial score (nSPS) is 25.0. The molecule has 3 saturated heterocycles. The third kappa shape index (κ3) is 6.03. The molecule has 3 aliphatic rings. The second kappa shape index (κ2) is 9.81. The average molecular weight is 469 g/mol. The van der Waals surface area contributed by atoms with Crippen LogP contribution in [-0.2, 0) is 24.0 Å². The molecule has 3 N–H and O–H groups in total. The van der Waals surface area contributed by atoms with Crippen LogP contribution < -0.4 is 10.9 Å². The van der Waals surface area contributed by atoms with Gasteiger partial charge in [0.05, 0.1) is 12.0 Å². The second-order valence-corrected chi connectivity index (χ2v) is 9.42. The van der Waals surface area contributed by atoms with Gasteiger partial charge in [0, 0.05) is 19.6 Å². The molecule has 0 aromatic rings. The molecule has 3 fully saturated rings. The molecule has 0 aliphatic carbocycles. The van der Waals surface area contributed by atoms with E-state index in [-0.39, 0.29) is 19.1 Å². The van der Waals surface area contributed by atoms with Crippen molar-refractivity contribution in [1.29, 1.82) is 0 Å². The Morgan fingerprint density at radius 3 is 2.42 bits per heavy atom. The number of hydroxylamine groups is 2. The number of aliphatic carboxylic acids is 1. The number of amides is 5. The lowest BCUT2D eigenvalue weighted by Gasteiger charge is -2.33. The first-order valence-electron chi connectivity index (χ1n) is 11.0. The SMILES string of the molecule is CC(C)(C)OC(=O)N1CCC[C@@H](C(=O)NNC(=O)C2CCC3CN2C(=O)N3OCC(=O)O)C1. The summed E-state index contributed by atoms with van der Waals surface area (Å²) in [6.45, 7) is 5.57. The van der Waals surface area contributed by atoms with Crippen molar-refractivity contribution in [2.24, 2.45) is 5.92 Å². The topological polar surface area (TPSA) is 158 Å². The van der Waals surface area contributed by atoms with Crippen molar-refractivity contribution < 1.29 is 38.7 Å². The van der Waals surface area contributed by atoms with Gasteiger partial charge in [0.1, 0.15) is 11.6 Å². The van der Waals surface area contributed by atoms with Crippen LogP contribution in [0.5, 0.6) is 0 Å². The first kappa shape index (κ1) is 24.6. The Bertz CT molecular complexity index is 813. The van der Waals surface area contributed by atoms with E-state index in [0.29, 0.717) is 32.2 Å². The molecule has 3 aliphatic heterocycles. The Morgan fingerprint density at radius 2 is 1.76 bits per heavy atom. The highest BCUT2D eigenvalue weighted by atomic mass is 16.7. The first-order chi connectivity index (χ1) is 15.5. The Kier molecular flexibility index (Phi) is 7.30. The predicted molar refractivity (Wildman–Crippen MR) is 111 cm³/mol. The number of carbonyl (C=O) groups is 5. The molecule has 0 spiro atoms. The van der Waals surface area contributed by atoms with Crippen molar-refractivity contribution in [3.05, 3.63) is 0 Å². The van der Waals surface area contributed by atoms with Gasteiger partial charge in [-0.15, -0.1) is 0 Å². The zero-order valence-corrected chi connectivity index (χ0v) is 19.0. The van der Waals surface area contributed by atoms with Crippen LogP contribution in [0.2, 0.25) is 0 Å². The first-order valence-corrected chi connectivity index (χ1v) is 11.0. The van der Waals surface area contributed by atoms with Crippen molar-refractivity contribution in [3.8, 4) is 0 Å². The number of carboxylic acid groups (broad SMARTS) is 1. The van der Waals surface area contributed by atoms with Gasteiger partial charge in [-0.3, -0.25) is 25.3 Å². The lowest BCUT2D eigenvalue weighted by molar-refractivity contribution is -0.167. The summed E-state index contributed by atoms with van der Waals surface area (Å²) < 4.78 is 5.36. The smallest absolute Gasteiger partial charge is 0.410 e. The van der Waals surface area contributed by atoms with Crippen LogP contribution >= 0.6 is 0 Å². The number of likely N-dealkylation sites (tertiary alicyclic amines) is 1. The fourth-order valence-corrected chi connectivity index (χ4v) is 4.19. The number of nitrogens with one attached hydrogen (secondary N) is 2. The van der Waals surface area contributed by atoms with Crippen molar-refractivity contribution in [2.75, 3.05) is 26.2 Å². The fraction of sp³-hybridized carbons (Fsp3) is 0.750. The minimum absolute atomic E-state index is 0.183. The Balaban J connectivity index is 1.49. The summed E-state index contributed by atoms with van der Waals surface area (Å²) in [5.74, 6) is -2.68. The largest absolute Gasteiger partial charge is 0.479 e. The number of nitrogens with zero attached hydrogens (tertiary/aromatic N) is 3. The van der Waals surface area contributed by atoms with Crippen LogP contribution in [-0.4, -0.2) is 93.8 Å². The van der Waals surface area contributed by atoms with Crippen molar-refractivity contribution >= 4 is 29.9 Å². The predicted octanol–water partition coefficient (Wildman–Crippen LogP) is 0.0657. The number of carbonyl (C=O) groups excluding carboxylic acids is 4. The number of piperidine rings is 2. The van der Waals surface area contributed by atoms with Gasteiger partial charge in [-0.2, -0.15) is 5.06 Å². The summed E-state index contributed by atoms with van der Waals surface area (Å²) in [7, 11) is 0. The van der Waals surface area contributed by atoms with Crippen LogP contribution in [0.15, 0.2) is 0 Å². The van der Waals surface area contributed by atoms with Gasteiger partial charge in [0.25, 0.3) is 5.91 Å². The lowest BCUT2D eigenvalue weighted by Crippen LogP contribution is -2.56.